The Balaban J connectivity index is 1.59. The number of likely N-dealkylation sites (tertiary alicyclic amines) is 1. The van der Waals surface area contributed by atoms with Crippen molar-refractivity contribution in [1.29, 1.82) is 0 Å². The number of carbonyl (C=O) groups excluding carboxylic acids is 4. The van der Waals surface area contributed by atoms with E-state index in [0.717, 1.165) is 6.54 Å². The molecule has 0 aliphatic carbocycles. The molecule has 4 amide bonds. The molecule has 1 aliphatic rings. The van der Waals surface area contributed by atoms with Gasteiger partial charge in [0.25, 0.3) is 5.91 Å². The largest absolute Gasteiger partial charge is 0.475 e. The summed E-state index contributed by atoms with van der Waals surface area (Å²) in [7, 11) is -1.63. The zero-order valence-corrected chi connectivity index (χ0v) is 30.1. The highest BCUT2D eigenvalue weighted by molar-refractivity contribution is 7.81. The zero-order valence-electron chi connectivity index (χ0n) is 28.3. The number of nitrogens with one attached hydrogen (secondary N) is 8. The molecule has 2 unspecified atom stereocenters. The molecule has 0 saturated carbocycles. The van der Waals surface area contributed by atoms with Crippen molar-refractivity contribution in [2.24, 2.45) is 10.2 Å². The molecule has 1 aliphatic heterocycles. The summed E-state index contributed by atoms with van der Waals surface area (Å²) in [5.41, 5.74) is 17.5. The summed E-state index contributed by atoms with van der Waals surface area (Å²) in [6.07, 6.45) is 3.52. The maximum absolute atomic E-state index is 12.7. The first-order chi connectivity index (χ1) is 23.3. The minimum atomic E-state index is -1.63. The third-order valence-corrected chi connectivity index (χ3v) is 7.97. The van der Waals surface area contributed by atoms with Crippen molar-refractivity contribution in [2.45, 2.75) is 95.6 Å². The van der Waals surface area contributed by atoms with Crippen LogP contribution in [0.15, 0.2) is 34.5 Å². The normalized spacial score (nSPS) is 16.7. The van der Waals surface area contributed by atoms with E-state index in [1.54, 1.807) is 45.0 Å². The molecule has 10 N–H and O–H groups in total. The van der Waals surface area contributed by atoms with Crippen molar-refractivity contribution in [1.82, 2.24) is 42.7 Å². The Labute approximate surface area is 298 Å². The Morgan fingerprint density at radius 3 is 2.12 bits per heavy atom. The lowest BCUT2D eigenvalue weighted by Gasteiger charge is -2.27. The summed E-state index contributed by atoms with van der Waals surface area (Å²) in [5.74, 6) is -1.97. The second-order valence-electron chi connectivity index (χ2n) is 11.4. The molecule has 1 heterocycles. The number of unbranched alkanes of at least 4 members (excludes halogenated alkanes) is 2. The van der Waals surface area contributed by atoms with E-state index in [-0.39, 0.29) is 36.1 Å². The first kappa shape index (κ1) is 41.6. The average molecular weight is 724 g/mol. The number of hydrazine groups is 2. The monoisotopic (exact) mass is 723 g/mol. The molecule has 1 fully saturated rings. The molecule has 17 nitrogen and oxygen atoms in total. The van der Waals surface area contributed by atoms with Crippen LogP contribution in [0, 0.1) is 0 Å². The SMILES string of the molecule is CCNC(S)N/N=C(C)/C(C)=N/NC(S)NNC(=O)CCCCCC(=O)NNc1ccc(C(=O)N[C@H](C)C(=O)N2CCC[C@H]2B(O)O)cc1. The highest BCUT2D eigenvalue weighted by atomic mass is 32.1. The van der Waals surface area contributed by atoms with E-state index in [2.05, 4.69) is 78.6 Å². The lowest BCUT2D eigenvalue weighted by atomic mass is 9.78. The standard InChI is InChI=1S/C29H50BN11O6S2/c1-5-31-28(48)38-33-18(2)19(3)34-39-29(49)40-37-25(43)12-8-6-7-11-24(42)36-35-22-15-13-21(14-16-22)26(44)32-20(4)27(45)41-17-9-10-23(41)30(46)47/h13-16,20,23,28-29,31,35,38-40,46-49H,5-12,17H2,1-4H3,(H,32,44)(H,36,42)(H,37,43)/b33-18+,34-19+/t20-,23+,28?,29?/m1/s1. The molecule has 0 radical (unpaired) electrons. The Hall–Kier alpha value is -3.56. The van der Waals surface area contributed by atoms with Gasteiger partial charge in [-0.2, -0.15) is 10.2 Å². The lowest BCUT2D eigenvalue weighted by molar-refractivity contribution is -0.132. The quantitative estimate of drug-likeness (QED) is 0.0198. The van der Waals surface area contributed by atoms with E-state index >= 15 is 0 Å². The van der Waals surface area contributed by atoms with Gasteiger partial charge in [0.15, 0.2) is 5.50 Å². The number of rotatable bonds is 21. The van der Waals surface area contributed by atoms with Gasteiger partial charge in [-0.3, -0.25) is 51.6 Å². The van der Waals surface area contributed by atoms with Gasteiger partial charge in [0.1, 0.15) is 11.5 Å². The highest BCUT2D eigenvalue weighted by Gasteiger charge is 2.38. The van der Waals surface area contributed by atoms with Crippen LogP contribution in [0.3, 0.4) is 0 Å². The topological polar surface area (TPSA) is 233 Å². The van der Waals surface area contributed by atoms with Crippen molar-refractivity contribution in [2.75, 3.05) is 18.5 Å². The van der Waals surface area contributed by atoms with E-state index in [1.165, 1.54) is 4.90 Å². The number of thiol groups is 2. The van der Waals surface area contributed by atoms with Gasteiger partial charge in [0.05, 0.1) is 23.1 Å². The number of hydrazone groups is 2. The lowest BCUT2D eigenvalue weighted by Crippen LogP contribution is -2.52. The van der Waals surface area contributed by atoms with Crippen molar-refractivity contribution in [3.63, 3.8) is 0 Å². The summed E-state index contributed by atoms with van der Waals surface area (Å²) < 4.78 is 0. The van der Waals surface area contributed by atoms with E-state index < -0.39 is 30.5 Å². The fourth-order valence-corrected chi connectivity index (χ4v) is 4.95. The second-order valence-corrected chi connectivity index (χ2v) is 12.4. The molecule has 0 bridgehead atoms. The average Bonchev–Trinajstić information content (AvgIpc) is 3.58. The molecule has 2 rings (SSSR count). The van der Waals surface area contributed by atoms with Crippen molar-refractivity contribution >= 4 is 73.1 Å². The number of amides is 4. The Bertz CT molecular complexity index is 1290. The molecule has 1 aromatic rings. The van der Waals surface area contributed by atoms with Crippen molar-refractivity contribution < 1.29 is 29.2 Å². The Morgan fingerprint density at radius 1 is 0.939 bits per heavy atom. The first-order valence-corrected chi connectivity index (χ1v) is 17.2. The molecule has 0 spiro atoms. The molecule has 20 heteroatoms. The molecule has 49 heavy (non-hydrogen) atoms. The Kier molecular flexibility index (Phi) is 18.9. The fourth-order valence-electron chi connectivity index (χ4n) is 4.58. The highest BCUT2D eigenvalue weighted by Crippen LogP contribution is 2.19. The summed E-state index contributed by atoms with van der Waals surface area (Å²) in [5, 5.41) is 33.1. The minimum absolute atomic E-state index is 0.224. The van der Waals surface area contributed by atoms with Crippen LogP contribution in [0.25, 0.3) is 0 Å². The minimum Gasteiger partial charge on any atom is -0.426 e. The number of hydrogen-bond donors (Lipinski definition) is 12. The molecular weight excluding hydrogens is 673 g/mol. The van der Waals surface area contributed by atoms with Crippen LogP contribution in [0.2, 0.25) is 0 Å². The van der Waals surface area contributed by atoms with E-state index in [0.29, 0.717) is 61.3 Å². The molecule has 1 saturated heterocycles. The summed E-state index contributed by atoms with van der Waals surface area (Å²) >= 11 is 8.58. The maximum Gasteiger partial charge on any atom is 0.475 e. The summed E-state index contributed by atoms with van der Waals surface area (Å²) in [4.78, 5) is 51.1. The number of carbonyl (C=O) groups is 4. The van der Waals surface area contributed by atoms with E-state index in [1.807, 2.05) is 6.92 Å². The van der Waals surface area contributed by atoms with E-state index in [9.17, 15) is 29.2 Å². The number of anilines is 1. The molecule has 272 valence electrons. The maximum atomic E-state index is 12.7. The predicted octanol–water partition coefficient (Wildman–Crippen LogP) is -0.210. The summed E-state index contributed by atoms with van der Waals surface area (Å²) in [6.45, 7) is 8.23. The zero-order chi connectivity index (χ0) is 36.3. The van der Waals surface area contributed by atoms with Gasteiger partial charge in [-0.05, 0) is 77.3 Å². The van der Waals surface area contributed by atoms with Crippen LogP contribution in [-0.4, -0.2) is 93.2 Å². The van der Waals surface area contributed by atoms with Crippen LogP contribution in [0.5, 0.6) is 0 Å². The van der Waals surface area contributed by atoms with Gasteiger partial charge in [0, 0.05) is 24.9 Å². The number of nitrogens with zero attached hydrogens (tertiary/aromatic N) is 3. The van der Waals surface area contributed by atoms with Gasteiger partial charge in [-0.25, -0.2) is 5.43 Å². The first-order valence-electron chi connectivity index (χ1n) is 16.2. The van der Waals surface area contributed by atoms with Gasteiger partial charge in [-0.1, -0.05) is 13.3 Å². The van der Waals surface area contributed by atoms with Gasteiger partial charge in [-0.15, -0.1) is 25.3 Å². The van der Waals surface area contributed by atoms with Gasteiger partial charge >= 0.3 is 7.12 Å². The van der Waals surface area contributed by atoms with Crippen LogP contribution in [0.1, 0.15) is 83.0 Å². The predicted molar refractivity (Wildman–Crippen MR) is 196 cm³/mol. The van der Waals surface area contributed by atoms with Gasteiger partial charge < -0.3 is 20.3 Å². The van der Waals surface area contributed by atoms with Gasteiger partial charge in [0.2, 0.25) is 17.7 Å². The number of benzene rings is 1. The van der Waals surface area contributed by atoms with Crippen molar-refractivity contribution in [3.05, 3.63) is 29.8 Å². The fraction of sp³-hybridized carbons (Fsp3) is 0.586. The van der Waals surface area contributed by atoms with Crippen LogP contribution >= 0.6 is 25.3 Å². The molecule has 1 aromatic carbocycles. The third-order valence-electron chi connectivity index (χ3n) is 7.42. The Morgan fingerprint density at radius 2 is 1.53 bits per heavy atom. The second kappa shape index (κ2) is 22.2. The van der Waals surface area contributed by atoms with Crippen molar-refractivity contribution in [3.8, 4) is 0 Å². The number of hydrogen-bond acceptors (Lipinski definition) is 15. The van der Waals surface area contributed by atoms with E-state index in [4.69, 9.17) is 0 Å². The summed E-state index contributed by atoms with van der Waals surface area (Å²) in [6, 6.07) is 5.49. The molecular formula is C29H50BN11O6S2. The smallest absolute Gasteiger partial charge is 0.426 e. The van der Waals surface area contributed by atoms with Crippen LogP contribution in [-0.2, 0) is 14.4 Å². The van der Waals surface area contributed by atoms with Crippen LogP contribution < -0.4 is 43.2 Å². The molecule has 4 atom stereocenters. The third kappa shape index (κ3) is 15.7. The molecule has 0 aromatic heterocycles. The van der Waals surface area contributed by atoms with Crippen LogP contribution in [0.4, 0.5) is 5.69 Å².